The zero-order valence-electron chi connectivity index (χ0n) is 11.9. The summed E-state index contributed by atoms with van der Waals surface area (Å²) in [5.74, 6) is 0.516. The molecule has 2 atom stereocenters. The molecule has 1 aromatic heterocycles. The molecule has 1 saturated carbocycles. The van der Waals surface area contributed by atoms with Gasteiger partial charge in [-0.05, 0) is 26.7 Å². The number of amides is 2. The summed E-state index contributed by atoms with van der Waals surface area (Å²) >= 11 is 1.40. The van der Waals surface area contributed by atoms with Gasteiger partial charge in [-0.25, -0.2) is 13.2 Å². The van der Waals surface area contributed by atoms with Crippen molar-refractivity contribution in [2.45, 2.75) is 43.9 Å². The highest BCUT2D eigenvalue weighted by atomic mass is 32.2. The third kappa shape index (κ3) is 2.89. The molecule has 116 valence electrons. The van der Waals surface area contributed by atoms with Gasteiger partial charge in [0.2, 0.25) is 5.13 Å². The van der Waals surface area contributed by atoms with Gasteiger partial charge in [0, 0.05) is 18.5 Å². The zero-order valence-corrected chi connectivity index (χ0v) is 13.6. The van der Waals surface area contributed by atoms with Crippen molar-refractivity contribution in [3.8, 4) is 0 Å². The molecule has 1 aliphatic heterocycles. The van der Waals surface area contributed by atoms with E-state index in [9.17, 15) is 13.2 Å². The second-order valence-electron chi connectivity index (χ2n) is 5.66. The monoisotopic (exact) mass is 330 g/mol. The third-order valence-electron chi connectivity index (χ3n) is 4.20. The van der Waals surface area contributed by atoms with Gasteiger partial charge in [0.05, 0.1) is 11.0 Å². The molecule has 0 spiro atoms. The number of sulfone groups is 1. The lowest BCUT2D eigenvalue weighted by Gasteiger charge is -2.37. The van der Waals surface area contributed by atoms with Gasteiger partial charge in [0.15, 0.2) is 9.84 Å². The van der Waals surface area contributed by atoms with E-state index in [1.54, 1.807) is 18.7 Å². The number of carbonyl (C=O) groups is 1. The first kappa shape index (κ1) is 14.7. The summed E-state index contributed by atoms with van der Waals surface area (Å²) in [5, 5.41) is 11.7. The number of urea groups is 1. The number of nitrogens with one attached hydrogen (secondary N) is 1. The van der Waals surface area contributed by atoms with E-state index < -0.39 is 15.1 Å². The summed E-state index contributed by atoms with van der Waals surface area (Å²) in [6.07, 6.45) is 2.28. The van der Waals surface area contributed by atoms with Crippen molar-refractivity contribution in [1.29, 1.82) is 0 Å². The lowest BCUT2D eigenvalue weighted by molar-refractivity contribution is 0.191. The number of anilines is 1. The van der Waals surface area contributed by atoms with Crippen LogP contribution in [0, 0.1) is 0 Å². The molecule has 2 unspecified atom stereocenters. The maximum Gasteiger partial charge on any atom is 0.324 e. The fraction of sp³-hybridized carbons (Fsp3) is 0.750. The smallest absolute Gasteiger partial charge is 0.319 e. The summed E-state index contributed by atoms with van der Waals surface area (Å²) < 4.78 is 23.7. The van der Waals surface area contributed by atoms with Crippen LogP contribution < -0.4 is 5.32 Å². The largest absolute Gasteiger partial charge is 0.324 e. The van der Waals surface area contributed by atoms with Gasteiger partial charge in [-0.2, -0.15) is 0 Å². The molecule has 2 amide bonds. The Morgan fingerprint density at radius 3 is 2.71 bits per heavy atom. The zero-order chi connectivity index (χ0) is 15.2. The Morgan fingerprint density at radius 1 is 1.33 bits per heavy atom. The Hall–Kier alpha value is -1.22. The highest BCUT2D eigenvalue weighted by molar-refractivity contribution is 7.92. The number of rotatable bonds is 2. The second kappa shape index (κ2) is 5.20. The molecule has 1 aromatic rings. The van der Waals surface area contributed by atoms with E-state index in [1.165, 1.54) is 11.3 Å². The predicted molar refractivity (Wildman–Crippen MR) is 80.3 cm³/mol. The van der Waals surface area contributed by atoms with Crippen LogP contribution in [0.5, 0.6) is 0 Å². The highest BCUT2D eigenvalue weighted by Crippen LogP contribution is 2.42. The minimum absolute atomic E-state index is 0.00930. The van der Waals surface area contributed by atoms with Crippen LogP contribution in [0.3, 0.4) is 0 Å². The van der Waals surface area contributed by atoms with E-state index in [-0.39, 0.29) is 24.4 Å². The molecule has 7 nitrogen and oxygen atoms in total. The van der Waals surface area contributed by atoms with E-state index in [4.69, 9.17) is 0 Å². The molecule has 2 fully saturated rings. The van der Waals surface area contributed by atoms with Gasteiger partial charge in [-0.15, -0.1) is 10.2 Å². The first-order chi connectivity index (χ1) is 9.88. The highest BCUT2D eigenvalue weighted by Gasteiger charge is 2.38. The van der Waals surface area contributed by atoms with Crippen molar-refractivity contribution in [3.05, 3.63) is 5.01 Å². The molecule has 3 rings (SSSR count). The molecule has 9 heteroatoms. The summed E-state index contributed by atoms with van der Waals surface area (Å²) in [4.78, 5) is 13.8. The van der Waals surface area contributed by atoms with E-state index in [2.05, 4.69) is 15.5 Å². The fourth-order valence-corrected chi connectivity index (χ4v) is 4.87. The third-order valence-corrected chi connectivity index (χ3v) is 7.48. The SMILES string of the molecule is CC1C(C)S(=O)(=O)CCN1C(=O)Nc1nnc(C2CC2)s1. The van der Waals surface area contributed by atoms with Crippen molar-refractivity contribution < 1.29 is 13.2 Å². The number of aromatic nitrogens is 2. The van der Waals surface area contributed by atoms with Crippen LogP contribution in [0.25, 0.3) is 0 Å². The van der Waals surface area contributed by atoms with Gasteiger partial charge < -0.3 is 4.90 Å². The van der Waals surface area contributed by atoms with Crippen molar-refractivity contribution in [1.82, 2.24) is 15.1 Å². The lowest BCUT2D eigenvalue weighted by atomic mass is 10.2. The fourth-order valence-electron chi connectivity index (χ4n) is 2.40. The summed E-state index contributed by atoms with van der Waals surface area (Å²) in [6, 6.07) is -0.651. The van der Waals surface area contributed by atoms with Crippen LogP contribution in [-0.2, 0) is 9.84 Å². The molecule has 2 heterocycles. The summed E-state index contributed by atoms with van der Waals surface area (Å²) in [6.45, 7) is 3.63. The Morgan fingerprint density at radius 2 is 2.05 bits per heavy atom. The van der Waals surface area contributed by atoms with Crippen LogP contribution in [0.4, 0.5) is 9.93 Å². The van der Waals surface area contributed by atoms with Crippen LogP contribution in [0.1, 0.15) is 37.6 Å². The Labute approximate surface area is 127 Å². The minimum Gasteiger partial charge on any atom is -0.319 e. The van der Waals surface area contributed by atoms with Crippen LogP contribution in [0.15, 0.2) is 0 Å². The van der Waals surface area contributed by atoms with Crippen LogP contribution >= 0.6 is 11.3 Å². The van der Waals surface area contributed by atoms with Gasteiger partial charge >= 0.3 is 6.03 Å². The molecule has 1 aliphatic carbocycles. The van der Waals surface area contributed by atoms with Gasteiger partial charge in [-0.1, -0.05) is 11.3 Å². The van der Waals surface area contributed by atoms with Crippen molar-refractivity contribution in [2.24, 2.45) is 0 Å². The van der Waals surface area contributed by atoms with Crippen molar-refractivity contribution >= 4 is 32.3 Å². The quantitative estimate of drug-likeness (QED) is 0.886. The minimum atomic E-state index is -3.10. The van der Waals surface area contributed by atoms with Crippen LogP contribution in [0.2, 0.25) is 0 Å². The number of hydrogen-bond acceptors (Lipinski definition) is 6. The van der Waals surface area contributed by atoms with Crippen molar-refractivity contribution in [2.75, 3.05) is 17.6 Å². The first-order valence-corrected chi connectivity index (χ1v) is 9.54. The standard InChI is InChI=1S/C12H18N4O3S2/c1-7-8(2)21(18,19)6-5-16(7)12(17)13-11-15-14-10(20-11)9-3-4-9/h7-9H,3-6H2,1-2H3,(H,13,15,17). The topological polar surface area (TPSA) is 92.3 Å². The number of nitrogens with zero attached hydrogens (tertiary/aromatic N) is 3. The summed E-state index contributed by atoms with van der Waals surface area (Å²) in [7, 11) is -3.10. The maximum atomic E-state index is 12.3. The van der Waals surface area contributed by atoms with Gasteiger partial charge in [-0.3, -0.25) is 5.32 Å². The van der Waals surface area contributed by atoms with E-state index in [1.807, 2.05) is 0 Å². The second-order valence-corrected chi connectivity index (χ2v) is 9.14. The van der Waals surface area contributed by atoms with Gasteiger partial charge in [0.1, 0.15) is 5.01 Å². The summed E-state index contributed by atoms with van der Waals surface area (Å²) in [5.41, 5.74) is 0. The Balaban J connectivity index is 1.67. The average Bonchev–Trinajstić information content (AvgIpc) is 3.17. The van der Waals surface area contributed by atoms with E-state index in [0.29, 0.717) is 11.0 Å². The average molecular weight is 330 g/mol. The molecule has 21 heavy (non-hydrogen) atoms. The Bertz CT molecular complexity index is 653. The molecule has 1 N–H and O–H groups in total. The molecule has 0 radical (unpaired) electrons. The van der Waals surface area contributed by atoms with E-state index >= 15 is 0 Å². The lowest BCUT2D eigenvalue weighted by Crippen LogP contribution is -2.55. The number of hydrogen-bond donors (Lipinski definition) is 1. The van der Waals surface area contributed by atoms with E-state index in [0.717, 1.165) is 17.8 Å². The molecule has 1 saturated heterocycles. The first-order valence-electron chi connectivity index (χ1n) is 7.01. The molecular weight excluding hydrogens is 312 g/mol. The predicted octanol–water partition coefficient (Wildman–Crippen LogP) is 1.45. The molecular formula is C12H18N4O3S2. The van der Waals surface area contributed by atoms with Gasteiger partial charge in [0.25, 0.3) is 0 Å². The molecule has 2 aliphatic rings. The number of carbonyl (C=O) groups excluding carboxylic acids is 1. The molecule has 0 aromatic carbocycles. The normalized spacial score (nSPS) is 28.4. The van der Waals surface area contributed by atoms with Crippen molar-refractivity contribution in [3.63, 3.8) is 0 Å². The molecule has 0 bridgehead atoms. The Kier molecular flexibility index (Phi) is 3.64. The maximum absolute atomic E-state index is 12.3. The van der Waals surface area contributed by atoms with Crippen LogP contribution in [-0.4, -0.2) is 53.1 Å².